The Morgan fingerprint density at radius 2 is 1.64 bits per heavy atom. The minimum Gasteiger partial charge on any atom is -0.489 e. The number of benzene rings is 3. The molecule has 0 atom stereocenters. The first-order valence-electron chi connectivity index (χ1n) is 8.81. The Hall–Kier alpha value is -3.93. The maximum absolute atomic E-state index is 12.5. The summed E-state index contributed by atoms with van der Waals surface area (Å²) < 4.78 is 7.53. The van der Waals surface area contributed by atoms with Gasteiger partial charge in [-0.15, -0.1) is 10.2 Å². The van der Waals surface area contributed by atoms with Crippen molar-refractivity contribution < 1.29 is 9.53 Å². The van der Waals surface area contributed by atoms with Crippen molar-refractivity contribution in [1.82, 2.24) is 14.8 Å². The molecule has 0 bridgehead atoms. The fraction of sp³-hybridized carbons (Fsp3) is 0.0455. The first-order valence-corrected chi connectivity index (χ1v) is 8.81. The lowest BCUT2D eigenvalue weighted by Crippen LogP contribution is -2.12. The van der Waals surface area contributed by atoms with Crippen LogP contribution < -0.4 is 10.1 Å². The number of rotatable bonds is 6. The maximum atomic E-state index is 12.5. The second-order valence-electron chi connectivity index (χ2n) is 6.17. The molecule has 4 aromatic rings. The summed E-state index contributed by atoms with van der Waals surface area (Å²) in [5.74, 6) is 0.533. The van der Waals surface area contributed by atoms with E-state index in [9.17, 15) is 4.79 Å². The predicted molar refractivity (Wildman–Crippen MR) is 107 cm³/mol. The molecule has 1 N–H and O–H groups in total. The van der Waals surface area contributed by atoms with Crippen molar-refractivity contribution in [2.75, 3.05) is 5.32 Å². The molecule has 1 aromatic heterocycles. The Balaban J connectivity index is 1.39. The minimum absolute atomic E-state index is 0.185. The van der Waals surface area contributed by atoms with Gasteiger partial charge in [0.1, 0.15) is 25.0 Å². The molecule has 0 aliphatic rings. The second kappa shape index (κ2) is 8.18. The first-order chi connectivity index (χ1) is 13.8. The van der Waals surface area contributed by atoms with Crippen LogP contribution >= 0.6 is 0 Å². The van der Waals surface area contributed by atoms with Crippen LogP contribution in [0.5, 0.6) is 5.75 Å². The lowest BCUT2D eigenvalue weighted by Gasteiger charge is -2.09. The highest BCUT2D eigenvalue weighted by molar-refractivity contribution is 6.04. The highest BCUT2D eigenvalue weighted by Crippen LogP contribution is 2.17. The Bertz CT molecular complexity index is 1050. The fourth-order valence-electron chi connectivity index (χ4n) is 2.73. The van der Waals surface area contributed by atoms with Gasteiger partial charge in [-0.25, -0.2) is 0 Å². The quantitative estimate of drug-likeness (QED) is 0.555. The van der Waals surface area contributed by atoms with Gasteiger partial charge in [0.25, 0.3) is 5.91 Å². The van der Waals surface area contributed by atoms with Gasteiger partial charge < -0.3 is 10.1 Å². The summed E-state index contributed by atoms with van der Waals surface area (Å²) in [5.41, 5.74) is 3.21. The van der Waals surface area contributed by atoms with E-state index in [4.69, 9.17) is 4.74 Å². The van der Waals surface area contributed by atoms with E-state index in [2.05, 4.69) is 15.5 Å². The molecule has 0 fully saturated rings. The molecule has 138 valence electrons. The molecule has 1 amide bonds. The third kappa shape index (κ3) is 4.24. The number of nitrogens with one attached hydrogen (secondary N) is 1. The lowest BCUT2D eigenvalue weighted by atomic mass is 10.2. The van der Waals surface area contributed by atoms with Crippen LogP contribution in [0.15, 0.2) is 91.5 Å². The molecular weight excluding hydrogens is 352 g/mol. The molecule has 28 heavy (non-hydrogen) atoms. The summed E-state index contributed by atoms with van der Waals surface area (Å²) in [4.78, 5) is 12.5. The molecule has 4 rings (SSSR count). The normalized spacial score (nSPS) is 10.4. The maximum Gasteiger partial charge on any atom is 0.255 e. The number of carbonyl (C=O) groups is 1. The summed E-state index contributed by atoms with van der Waals surface area (Å²) in [5, 5.41) is 10.5. The fourth-order valence-corrected chi connectivity index (χ4v) is 2.73. The zero-order valence-electron chi connectivity index (χ0n) is 15.0. The highest BCUT2D eigenvalue weighted by Gasteiger charge is 2.07. The van der Waals surface area contributed by atoms with Crippen LogP contribution in [0.3, 0.4) is 0 Å². The number of carbonyl (C=O) groups excluding carboxylic acids is 1. The second-order valence-corrected chi connectivity index (χ2v) is 6.17. The summed E-state index contributed by atoms with van der Waals surface area (Å²) >= 11 is 0. The summed E-state index contributed by atoms with van der Waals surface area (Å²) in [6.07, 6.45) is 3.21. The number of anilines is 1. The molecule has 0 saturated carbocycles. The molecule has 0 spiro atoms. The number of amides is 1. The van der Waals surface area contributed by atoms with Crippen molar-refractivity contribution in [1.29, 1.82) is 0 Å². The average molecular weight is 370 g/mol. The van der Waals surface area contributed by atoms with E-state index in [1.165, 1.54) is 0 Å². The summed E-state index contributed by atoms with van der Waals surface area (Å²) in [6, 6.07) is 24.5. The van der Waals surface area contributed by atoms with E-state index in [1.54, 1.807) is 41.5 Å². The van der Waals surface area contributed by atoms with Crippen LogP contribution in [0.4, 0.5) is 5.69 Å². The monoisotopic (exact) mass is 370 g/mol. The smallest absolute Gasteiger partial charge is 0.255 e. The van der Waals surface area contributed by atoms with E-state index >= 15 is 0 Å². The van der Waals surface area contributed by atoms with Crippen molar-refractivity contribution in [3.8, 4) is 11.4 Å². The average Bonchev–Trinajstić information content (AvgIpc) is 3.29. The van der Waals surface area contributed by atoms with Crippen LogP contribution in [0.2, 0.25) is 0 Å². The Kier molecular flexibility index (Phi) is 5.11. The van der Waals surface area contributed by atoms with E-state index in [1.807, 2.05) is 54.6 Å². The minimum atomic E-state index is -0.185. The molecule has 0 radical (unpaired) electrons. The molecule has 1 heterocycles. The molecular formula is C22H18N4O2. The van der Waals surface area contributed by atoms with Gasteiger partial charge in [-0.2, -0.15) is 0 Å². The van der Waals surface area contributed by atoms with Crippen molar-refractivity contribution in [2.24, 2.45) is 0 Å². The van der Waals surface area contributed by atoms with Crippen LogP contribution in [0.25, 0.3) is 5.69 Å². The Labute approximate surface area is 162 Å². The Morgan fingerprint density at radius 1 is 0.893 bits per heavy atom. The number of hydrogen-bond acceptors (Lipinski definition) is 4. The molecule has 0 saturated heterocycles. The molecule has 0 aliphatic carbocycles. The number of hydrogen-bond donors (Lipinski definition) is 1. The van der Waals surface area contributed by atoms with Crippen LogP contribution in [-0.4, -0.2) is 20.7 Å². The lowest BCUT2D eigenvalue weighted by molar-refractivity contribution is 0.102. The summed E-state index contributed by atoms with van der Waals surface area (Å²) in [7, 11) is 0. The van der Waals surface area contributed by atoms with Crippen LogP contribution in [0, 0.1) is 0 Å². The van der Waals surface area contributed by atoms with Crippen molar-refractivity contribution >= 4 is 11.6 Å². The topological polar surface area (TPSA) is 69.0 Å². The molecule has 3 aromatic carbocycles. The third-order valence-electron chi connectivity index (χ3n) is 4.19. The van der Waals surface area contributed by atoms with Gasteiger partial charge in [0.2, 0.25) is 0 Å². The van der Waals surface area contributed by atoms with Crippen LogP contribution in [0.1, 0.15) is 15.9 Å². The van der Waals surface area contributed by atoms with E-state index < -0.39 is 0 Å². The standard InChI is InChI=1S/C22H18N4O2/c27-22(25-19-7-4-8-20(13-19)26-15-23-24-16-26)18-9-11-21(12-10-18)28-14-17-5-2-1-3-6-17/h1-13,15-16H,14H2,(H,25,27). The van der Waals surface area contributed by atoms with Gasteiger partial charge in [-0.05, 0) is 48.0 Å². The summed E-state index contributed by atoms with van der Waals surface area (Å²) in [6.45, 7) is 0.488. The largest absolute Gasteiger partial charge is 0.489 e. The van der Waals surface area contributed by atoms with Gasteiger partial charge in [-0.1, -0.05) is 36.4 Å². The van der Waals surface area contributed by atoms with Crippen molar-refractivity contribution in [2.45, 2.75) is 6.61 Å². The van der Waals surface area contributed by atoms with Crippen molar-refractivity contribution in [3.05, 3.63) is 103 Å². The number of nitrogens with zero attached hydrogens (tertiary/aromatic N) is 3. The van der Waals surface area contributed by atoms with Gasteiger partial charge >= 0.3 is 0 Å². The first kappa shape index (κ1) is 17.5. The third-order valence-corrected chi connectivity index (χ3v) is 4.19. The van der Waals surface area contributed by atoms with Gasteiger partial charge in [0.05, 0.1) is 5.69 Å². The molecule has 6 heteroatoms. The SMILES string of the molecule is O=C(Nc1cccc(-n2cnnc2)c1)c1ccc(OCc2ccccc2)cc1. The van der Waals surface area contributed by atoms with Crippen LogP contribution in [-0.2, 0) is 6.61 Å². The van der Waals surface area contributed by atoms with E-state index in [0.717, 1.165) is 17.0 Å². The zero-order valence-corrected chi connectivity index (χ0v) is 15.0. The molecule has 6 nitrogen and oxygen atoms in total. The zero-order chi connectivity index (χ0) is 19.2. The van der Waals surface area contributed by atoms with Crippen molar-refractivity contribution in [3.63, 3.8) is 0 Å². The van der Waals surface area contributed by atoms with E-state index in [-0.39, 0.29) is 5.91 Å². The number of aromatic nitrogens is 3. The van der Waals surface area contributed by atoms with E-state index in [0.29, 0.717) is 17.9 Å². The molecule has 0 aliphatic heterocycles. The Morgan fingerprint density at radius 3 is 2.39 bits per heavy atom. The predicted octanol–water partition coefficient (Wildman–Crippen LogP) is 4.10. The number of ether oxygens (including phenoxy) is 1. The van der Waals surface area contributed by atoms with Gasteiger partial charge in [0.15, 0.2) is 0 Å². The highest BCUT2D eigenvalue weighted by atomic mass is 16.5. The molecule has 0 unspecified atom stereocenters. The van der Waals surface area contributed by atoms with Gasteiger partial charge in [-0.3, -0.25) is 9.36 Å². The van der Waals surface area contributed by atoms with Gasteiger partial charge in [0, 0.05) is 11.3 Å².